The molecule has 0 atom stereocenters. The molecule has 0 aliphatic rings. The maximum absolute atomic E-state index is 12.2. The molecule has 0 bridgehead atoms. The molecule has 2 amide bonds. The Bertz CT molecular complexity index is 1040. The van der Waals surface area contributed by atoms with E-state index < -0.39 is 5.91 Å². The predicted octanol–water partition coefficient (Wildman–Crippen LogP) is 4.11. The van der Waals surface area contributed by atoms with Crippen LogP contribution in [0, 0.1) is 0 Å². The van der Waals surface area contributed by atoms with Gasteiger partial charge in [0.25, 0.3) is 0 Å². The average Bonchev–Trinajstić information content (AvgIpc) is 2.72. The summed E-state index contributed by atoms with van der Waals surface area (Å²) in [5, 5.41) is 2.72. The molecule has 0 aliphatic carbocycles. The Balaban J connectivity index is 1.57. The average molecular weight is 402 g/mol. The Morgan fingerprint density at radius 3 is 2.23 bits per heavy atom. The summed E-state index contributed by atoms with van der Waals surface area (Å²) in [6.45, 7) is 6.53. The van der Waals surface area contributed by atoms with E-state index in [2.05, 4.69) is 60.3 Å². The van der Waals surface area contributed by atoms with Gasteiger partial charge in [-0.25, -0.2) is 9.97 Å². The van der Waals surface area contributed by atoms with Crippen LogP contribution in [-0.4, -0.2) is 21.8 Å². The number of hydrogen-bond acceptors (Lipinski definition) is 4. The quantitative estimate of drug-likeness (QED) is 0.648. The van der Waals surface area contributed by atoms with Crippen LogP contribution in [-0.2, 0) is 16.6 Å². The normalized spacial score (nSPS) is 11.2. The molecular formula is C24H26N4O2. The Morgan fingerprint density at radius 2 is 1.63 bits per heavy atom. The summed E-state index contributed by atoms with van der Waals surface area (Å²) in [5.41, 5.74) is 9.74. The Labute approximate surface area is 176 Å². The smallest absolute Gasteiger partial charge is 0.248 e. The van der Waals surface area contributed by atoms with Crippen LogP contribution in [0.25, 0.3) is 11.1 Å². The third-order valence-corrected chi connectivity index (χ3v) is 4.84. The first-order valence-corrected chi connectivity index (χ1v) is 9.84. The van der Waals surface area contributed by atoms with Crippen molar-refractivity contribution in [3.63, 3.8) is 0 Å². The molecule has 154 valence electrons. The van der Waals surface area contributed by atoms with Crippen LogP contribution in [0.5, 0.6) is 0 Å². The molecule has 6 nitrogen and oxygen atoms in total. The largest absolute Gasteiger partial charge is 0.366 e. The number of aromatic nitrogens is 2. The summed E-state index contributed by atoms with van der Waals surface area (Å²) in [6, 6.07) is 15.3. The predicted molar refractivity (Wildman–Crippen MR) is 118 cm³/mol. The van der Waals surface area contributed by atoms with Crippen molar-refractivity contribution in [2.24, 2.45) is 5.73 Å². The standard InChI is InChI=1S/C24H26N4O2/c1-24(2,3)20-10-7-16(8-11-20)9-12-21(29)28-23-26-14-19(15-27-23)17-5-4-6-18(13-17)22(25)30/h4-8,10-11,13-15H,9,12H2,1-3H3,(H2,25,30)(H,26,27,28,29). The van der Waals surface area contributed by atoms with Gasteiger partial charge >= 0.3 is 0 Å². The number of nitrogens with one attached hydrogen (secondary N) is 1. The van der Waals surface area contributed by atoms with Crippen LogP contribution >= 0.6 is 0 Å². The molecule has 0 unspecified atom stereocenters. The number of aryl methyl sites for hydroxylation is 1. The Kier molecular flexibility index (Phi) is 6.26. The van der Waals surface area contributed by atoms with Gasteiger partial charge in [-0.05, 0) is 40.7 Å². The number of nitrogens with two attached hydrogens (primary N) is 1. The van der Waals surface area contributed by atoms with E-state index in [9.17, 15) is 9.59 Å². The molecule has 3 aromatic rings. The number of nitrogens with zero attached hydrogens (tertiary/aromatic N) is 2. The van der Waals surface area contributed by atoms with Crippen LogP contribution in [0.3, 0.4) is 0 Å². The van der Waals surface area contributed by atoms with Crippen LogP contribution in [0.2, 0.25) is 0 Å². The van der Waals surface area contributed by atoms with Crippen LogP contribution in [0.15, 0.2) is 60.9 Å². The molecule has 0 saturated heterocycles. The lowest BCUT2D eigenvalue weighted by molar-refractivity contribution is -0.116. The highest BCUT2D eigenvalue weighted by molar-refractivity contribution is 5.94. The summed E-state index contributed by atoms with van der Waals surface area (Å²) >= 11 is 0. The van der Waals surface area contributed by atoms with Gasteiger partial charge in [0.2, 0.25) is 17.8 Å². The second kappa shape index (κ2) is 8.86. The molecule has 0 aliphatic heterocycles. The first-order valence-electron chi connectivity index (χ1n) is 9.84. The van der Waals surface area contributed by atoms with E-state index in [-0.39, 0.29) is 17.3 Å². The van der Waals surface area contributed by atoms with Crippen molar-refractivity contribution in [2.45, 2.75) is 39.0 Å². The third kappa shape index (κ3) is 5.50. The van der Waals surface area contributed by atoms with Gasteiger partial charge < -0.3 is 5.73 Å². The van der Waals surface area contributed by atoms with Crippen LogP contribution in [0.1, 0.15) is 48.7 Å². The van der Waals surface area contributed by atoms with E-state index in [1.807, 2.05) is 6.07 Å². The number of benzene rings is 2. The second-order valence-electron chi connectivity index (χ2n) is 8.24. The molecule has 0 fully saturated rings. The molecule has 0 radical (unpaired) electrons. The maximum atomic E-state index is 12.2. The van der Waals surface area contributed by atoms with Gasteiger partial charge in [-0.1, -0.05) is 57.2 Å². The fourth-order valence-electron chi connectivity index (χ4n) is 3.01. The van der Waals surface area contributed by atoms with Crippen LogP contribution in [0.4, 0.5) is 5.95 Å². The zero-order valence-electron chi connectivity index (χ0n) is 17.5. The third-order valence-electron chi connectivity index (χ3n) is 4.84. The number of carbonyl (C=O) groups excluding carboxylic acids is 2. The van der Waals surface area contributed by atoms with E-state index in [0.717, 1.165) is 16.7 Å². The number of carbonyl (C=O) groups is 2. The molecule has 1 heterocycles. The van der Waals surface area contributed by atoms with Crippen molar-refractivity contribution in [3.8, 4) is 11.1 Å². The molecule has 0 saturated carbocycles. The van der Waals surface area contributed by atoms with Crippen molar-refractivity contribution >= 4 is 17.8 Å². The number of amides is 2. The highest BCUT2D eigenvalue weighted by Crippen LogP contribution is 2.23. The first-order chi connectivity index (χ1) is 14.2. The molecule has 0 spiro atoms. The highest BCUT2D eigenvalue weighted by Gasteiger charge is 2.13. The Hall–Kier alpha value is -3.54. The molecular weight excluding hydrogens is 376 g/mol. The lowest BCUT2D eigenvalue weighted by Gasteiger charge is -2.19. The number of primary amides is 1. The van der Waals surface area contributed by atoms with Crippen LogP contribution < -0.4 is 11.1 Å². The second-order valence-corrected chi connectivity index (χ2v) is 8.24. The minimum Gasteiger partial charge on any atom is -0.366 e. The van der Waals surface area contributed by atoms with Crippen molar-refractivity contribution in [3.05, 3.63) is 77.6 Å². The van der Waals surface area contributed by atoms with Gasteiger partial charge in [-0.3, -0.25) is 14.9 Å². The topological polar surface area (TPSA) is 98.0 Å². The van der Waals surface area contributed by atoms with Gasteiger partial charge in [0, 0.05) is 29.9 Å². The summed E-state index contributed by atoms with van der Waals surface area (Å²) in [5.74, 6) is -0.383. The molecule has 1 aromatic heterocycles. The van der Waals surface area contributed by atoms with E-state index in [4.69, 9.17) is 5.73 Å². The van der Waals surface area contributed by atoms with Gasteiger partial charge in [-0.2, -0.15) is 0 Å². The summed E-state index contributed by atoms with van der Waals surface area (Å²) in [6.07, 6.45) is 4.21. The summed E-state index contributed by atoms with van der Waals surface area (Å²) < 4.78 is 0. The molecule has 2 aromatic carbocycles. The maximum Gasteiger partial charge on any atom is 0.248 e. The minimum atomic E-state index is -0.491. The zero-order chi connectivity index (χ0) is 21.7. The first kappa shape index (κ1) is 21.2. The number of hydrogen-bond donors (Lipinski definition) is 2. The number of rotatable bonds is 6. The van der Waals surface area contributed by atoms with Gasteiger partial charge in [0.1, 0.15) is 0 Å². The summed E-state index contributed by atoms with van der Waals surface area (Å²) in [4.78, 5) is 32.0. The van der Waals surface area contributed by atoms with E-state index in [0.29, 0.717) is 18.4 Å². The van der Waals surface area contributed by atoms with Crippen molar-refractivity contribution in [1.29, 1.82) is 0 Å². The molecule has 3 N–H and O–H groups in total. The lowest BCUT2D eigenvalue weighted by atomic mass is 9.86. The van der Waals surface area contributed by atoms with Gasteiger partial charge in [-0.15, -0.1) is 0 Å². The Morgan fingerprint density at radius 1 is 0.967 bits per heavy atom. The molecule has 3 rings (SSSR count). The SMILES string of the molecule is CC(C)(C)c1ccc(CCC(=O)Nc2ncc(-c3cccc(C(N)=O)c3)cn2)cc1. The van der Waals surface area contributed by atoms with Gasteiger partial charge in [0.05, 0.1) is 0 Å². The molecule has 30 heavy (non-hydrogen) atoms. The van der Waals surface area contributed by atoms with Crippen molar-refractivity contribution in [1.82, 2.24) is 9.97 Å². The van der Waals surface area contributed by atoms with E-state index in [1.165, 1.54) is 5.56 Å². The highest BCUT2D eigenvalue weighted by atomic mass is 16.2. The monoisotopic (exact) mass is 402 g/mol. The fraction of sp³-hybridized carbons (Fsp3) is 0.250. The number of anilines is 1. The fourth-order valence-corrected chi connectivity index (χ4v) is 3.01. The van der Waals surface area contributed by atoms with Crippen molar-refractivity contribution < 1.29 is 9.59 Å². The van der Waals surface area contributed by atoms with Gasteiger partial charge in [0.15, 0.2) is 0 Å². The van der Waals surface area contributed by atoms with E-state index in [1.54, 1.807) is 30.6 Å². The minimum absolute atomic E-state index is 0.112. The zero-order valence-corrected chi connectivity index (χ0v) is 17.5. The van der Waals surface area contributed by atoms with E-state index >= 15 is 0 Å². The molecule has 6 heteroatoms. The summed E-state index contributed by atoms with van der Waals surface area (Å²) in [7, 11) is 0. The van der Waals surface area contributed by atoms with Crippen molar-refractivity contribution in [2.75, 3.05) is 5.32 Å². The lowest BCUT2D eigenvalue weighted by Crippen LogP contribution is -2.15.